The summed E-state index contributed by atoms with van der Waals surface area (Å²) >= 11 is 0. The van der Waals surface area contributed by atoms with Crippen LogP contribution in [0.3, 0.4) is 0 Å². The first-order valence-corrected chi connectivity index (χ1v) is 6.56. The molecule has 0 aliphatic heterocycles. The van der Waals surface area contributed by atoms with Gasteiger partial charge in [-0.25, -0.2) is 0 Å². The molecule has 0 fully saturated rings. The second kappa shape index (κ2) is 5.95. The third-order valence-corrected chi connectivity index (χ3v) is 3.28. The fourth-order valence-corrected chi connectivity index (χ4v) is 2.34. The zero-order chi connectivity index (χ0) is 13.8. The van der Waals surface area contributed by atoms with Crippen LogP contribution in [-0.4, -0.2) is 14.8 Å². The molecule has 0 aromatic carbocycles. The number of nitrogens with one attached hydrogen (secondary N) is 1. The maximum atomic E-state index is 5.70. The molecule has 1 atom stereocenters. The molecule has 1 unspecified atom stereocenters. The van der Waals surface area contributed by atoms with Crippen LogP contribution >= 0.6 is 0 Å². The van der Waals surface area contributed by atoms with E-state index in [1.165, 1.54) is 5.69 Å². The number of hydrazine groups is 1. The normalized spacial score (nSPS) is 12.6. The van der Waals surface area contributed by atoms with Crippen molar-refractivity contribution in [2.45, 2.75) is 39.8 Å². The first-order valence-electron chi connectivity index (χ1n) is 6.56. The molecule has 2 rings (SSSR count). The van der Waals surface area contributed by atoms with Crippen molar-refractivity contribution in [3.05, 3.63) is 47.0 Å². The minimum absolute atomic E-state index is 0.00241. The highest BCUT2D eigenvalue weighted by molar-refractivity contribution is 5.23. The van der Waals surface area contributed by atoms with E-state index in [4.69, 9.17) is 5.84 Å². The highest BCUT2D eigenvalue weighted by Crippen LogP contribution is 2.19. The summed E-state index contributed by atoms with van der Waals surface area (Å²) in [5.74, 6) is 5.70. The minimum Gasteiger partial charge on any atom is -0.271 e. The zero-order valence-corrected chi connectivity index (χ0v) is 11.7. The van der Waals surface area contributed by atoms with Gasteiger partial charge in [0.05, 0.1) is 17.4 Å². The van der Waals surface area contributed by atoms with E-state index in [1.807, 2.05) is 17.7 Å². The molecule has 2 aromatic rings. The lowest BCUT2D eigenvalue weighted by Gasteiger charge is -2.17. The van der Waals surface area contributed by atoms with Crippen molar-refractivity contribution in [1.82, 2.24) is 20.2 Å². The highest BCUT2D eigenvalue weighted by Gasteiger charge is 2.16. The van der Waals surface area contributed by atoms with Gasteiger partial charge in [0, 0.05) is 24.9 Å². The van der Waals surface area contributed by atoms with Crippen molar-refractivity contribution in [2.24, 2.45) is 5.84 Å². The summed E-state index contributed by atoms with van der Waals surface area (Å²) in [5.41, 5.74) is 7.21. The van der Waals surface area contributed by atoms with Gasteiger partial charge < -0.3 is 0 Å². The summed E-state index contributed by atoms with van der Waals surface area (Å²) in [5, 5.41) is 4.46. The van der Waals surface area contributed by atoms with Crippen molar-refractivity contribution >= 4 is 0 Å². The average molecular weight is 259 g/mol. The number of aryl methyl sites for hydroxylation is 3. The van der Waals surface area contributed by atoms with Crippen LogP contribution in [0.15, 0.2) is 24.4 Å². The van der Waals surface area contributed by atoms with Crippen LogP contribution in [0.25, 0.3) is 0 Å². The summed E-state index contributed by atoms with van der Waals surface area (Å²) in [4.78, 5) is 4.44. The second-order valence-corrected chi connectivity index (χ2v) is 4.72. The Kier molecular flexibility index (Phi) is 4.29. The van der Waals surface area contributed by atoms with Crippen LogP contribution < -0.4 is 11.3 Å². The summed E-state index contributed by atoms with van der Waals surface area (Å²) < 4.78 is 2.01. The van der Waals surface area contributed by atoms with Gasteiger partial charge in [0.15, 0.2) is 0 Å². The monoisotopic (exact) mass is 259 g/mol. The van der Waals surface area contributed by atoms with E-state index in [0.717, 1.165) is 29.9 Å². The Bertz CT molecular complexity index is 547. The number of rotatable bonds is 5. The Morgan fingerprint density at radius 2 is 2.21 bits per heavy atom. The number of aromatic nitrogens is 3. The van der Waals surface area contributed by atoms with E-state index in [0.29, 0.717) is 0 Å². The molecule has 5 nitrogen and oxygen atoms in total. The summed E-state index contributed by atoms with van der Waals surface area (Å²) in [6.45, 7) is 7.01. The minimum atomic E-state index is 0.00241. The maximum Gasteiger partial charge on any atom is 0.0690 e. The van der Waals surface area contributed by atoms with Gasteiger partial charge in [-0.2, -0.15) is 5.10 Å². The van der Waals surface area contributed by atoms with Crippen LogP contribution in [0.1, 0.15) is 35.6 Å². The lowest BCUT2D eigenvalue weighted by Crippen LogP contribution is -2.31. The Labute approximate surface area is 113 Å². The molecule has 19 heavy (non-hydrogen) atoms. The van der Waals surface area contributed by atoms with Crippen LogP contribution in [0.4, 0.5) is 0 Å². The summed E-state index contributed by atoms with van der Waals surface area (Å²) in [6, 6.07) is 6.09. The highest BCUT2D eigenvalue weighted by atomic mass is 15.3. The molecule has 2 aromatic heterocycles. The number of hydrogen-bond donors (Lipinski definition) is 2. The molecule has 102 valence electrons. The molecule has 0 spiro atoms. The average Bonchev–Trinajstić information content (AvgIpc) is 2.77. The Hall–Kier alpha value is -1.72. The fraction of sp³-hybridized carbons (Fsp3) is 0.429. The van der Waals surface area contributed by atoms with E-state index < -0.39 is 0 Å². The number of nitrogens with zero attached hydrogens (tertiary/aromatic N) is 3. The lowest BCUT2D eigenvalue weighted by atomic mass is 10.0. The molecule has 0 saturated heterocycles. The molecule has 0 bridgehead atoms. The SMILES string of the molecule is CCn1nc(C)cc1CC(NN)c1ncccc1C. The Balaban J connectivity index is 2.26. The molecule has 0 saturated carbocycles. The van der Waals surface area contributed by atoms with Gasteiger partial charge in [-0.3, -0.25) is 20.9 Å². The van der Waals surface area contributed by atoms with Crippen molar-refractivity contribution in [1.29, 1.82) is 0 Å². The topological polar surface area (TPSA) is 68.8 Å². The maximum absolute atomic E-state index is 5.70. The van der Waals surface area contributed by atoms with Crippen LogP contribution in [0.5, 0.6) is 0 Å². The van der Waals surface area contributed by atoms with Crippen molar-refractivity contribution in [3.63, 3.8) is 0 Å². The van der Waals surface area contributed by atoms with Gasteiger partial charge in [-0.1, -0.05) is 6.07 Å². The first-order chi connectivity index (χ1) is 9.15. The van der Waals surface area contributed by atoms with Gasteiger partial charge >= 0.3 is 0 Å². The van der Waals surface area contributed by atoms with Crippen LogP contribution in [0.2, 0.25) is 0 Å². The molecule has 0 amide bonds. The van der Waals surface area contributed by atoms with E-state index in [9.17, 15) is 0 Å². The van der Waals surface area contributed by atoms with Gasteiger partial charge in [0.25, 0.3) is 0 Å². The smallest absolute Gasteiger partial charge is 0.0690 e. The molecule has 5 heteroatoms. The van der Waals surface area contributed by atoms with E-state index in [2.05, 4.69) is 41.5 Å². The van der Waals surface area contributed by atoms with E-state index in [-0.39, 0.29) is 6.04 Å². The van der Waals surface area contributed by atoms with Gasteiger partial charge in [-0.05, 0) is 38.5 Å². The fourth-order valence-electron chi connectivity index (χ4n) is 2.34. The lowest BCUT2D eigenvalue weighted by molar-refractivity contribution is 0.505. The molecule has 2 heterocycles. The van der Waals surface area contributed by atoms with Gasteiger partial charge in [-0.15, -0.1) is 0 Å². The standard InChI is InChI=1S/C14H21N5/c1-4-19-12(8-11(3)18-19)9-13(17-15)14-10(2)6-5-7-16-14/h5-8,13,17H,4,9,15H2,1-3H3. The molecular formula is C14H21N5. The van der Waals surface area contributed by atoms with Crippen LogP contribution in [-0.2, 0) is 13.0 Å². The largest absolute Gasteiger partial charge is 0.271 e. The van der Waals surface area contributed by atoms with E-state index in [1.54, 1.807) is 6.20 Å². The molecule has 0 radical (unpaired) electrons. The molecule has 3 N–H and O–H groups in total. The van der Waals surface area contributed by atoms with Crippen LogP contribution in [0, 0.1) is 13.8 Å². The third-order valence-electron chi connectivity index (χ3n) is 3.28. The number of nitrogens with two attached hydrogens (primary N) is 1. The molecular weight excluding hydrogens is 238 g/mol. The Morgan fingerprint density at radius 3 is 2.84 bits per heavy atom. The molecule has 0 aliphatic carbocycles. The van der Waals surface area contributed by atoms with Gasteiger partial charge in [0.1, 0.15) is 0 Å². The predicted octanol–water partition coefficient (Wildman–Crippen LogP) is 1.66. The van der Waals surface area contributed by atoms with Crippen molar-refractivity contribution in [3.8, 4) is 0 Å². The third kappa shape index (κ3) is 3.00. The zero-order valence-electron chi connectivity index (χ0n) is 11.7. The Morgan fingerprint density at radius 1 is 1.42 bits per heavy atom. The summed E-state index contributed by atoms with van der Waals surface area (Å²) in [6.07, 6.45) is 2.58. The first kappa shape index (κ1) is 13.7. The van der Waals surface area contributed by atoms with Crippen molar-refractivity contribution < 1.29 is 0 Å². The number of pyridine rings is 1. The van der Waals surface area contributed by atoms with Crippen molar-refractivity contribution in [2.75, 3.05) is 0 Å². The summed E-state index contributed by atoms with van der Waals surface area (Å²) in [7, 11) is 0. The van der Waals surface area contributed by atoms with E-state index >= 15 is 0 Å². The van der Waals surface area contributed by atoms with Gasteiger partial charge in [0.2, 0.25) is 0 Å². The number of hydrogen-bond acceptors (Lipinski definition) is 4. The quantitative estimate of drug-likeness (QED) is 0.633. The second-order valence-electron chi connectivity index (χ2n) is 4.72. The predicted molar refractivity (Wildman–Crippen MR) is 75.4 cm³/mol. The molecule has 0 aliphatic rings.